The molecule has 116 valence electrons. The Kier molecular flexibility index (Phi) is 5.20. The van der Waals surface area contributed by atoms with E-state index in [1.54, 1.807) is 18.9 Å². The highest BCUT2D eigenvalue weighted by Crippen LogP contribution is 2.30. The van der Waals surface area contributed by atoms with Gasteiger partial charge in [-0.1, -0.05) is 39.5 Å². The number of methoxy groups -OCH3 is 1. The number of rotatable bonds is 6. The maximum absolute atomic E-state index is 6.05. The molecule has 0 bridgehead atoms. The van der Waals surface area contributed by atoms with E-state index in [4.69, 9.17) is 27.9 Å². The molecule has 2 aromatic heterocycles. The van der Waals surface area contributed by atoms with Gasteiger partial charge in [-0.05, 0) is 18.2 Å². The zero-order valence-electron chi connectivity index (χ0n) is 11.6. The molecule has 0 unspecified atom stereocenters. The maximum Gasteiger partial charge on any atom is 0.169 e. The van der Waals surface area contributed by atoms with Gasteiger partial charge in [0.05, 0.1) is 17.6 Å². The number of ether oxygens (including phenoxy) is 1. The summed E-state index contributed by atoms with van der Waals surface area (Å²) in [7, 11) is 1.68. The normalized spacial score (nSPS) is 11.4. The first-order valence-electron chi connectivity index (χ1n) is 6.43. The second-order valence-corrected chi connectivity index (χ2v) is 7.19. The van der Waals surface area contributed by atoms with E-state index < -0.39 is 0 Å². The Morgan fingerprint density at radius 2 is 2.23 bits per heavy atom. The van der Waals surface area contributed by atoms with Gasteiger partial charge in [-0.2, -0.15) is 0 Å². The van der Waals surface area contributed by atoms with Crippen molar-refractivity contribution in [1.29, 1.82) is 0 Å². The van der Waals surface area contributed by atoms with Gasteiger partial charge in [-0.15, -0.1) is 5.10 Å². The summed E-state index contributed by atoms with van der Waals surface area (Å²) in [5, 5.41) is 5.58. The van der Waals surface area contributed by atoms with Gasteiger partial charge >= 0.3 is 0 Å². The predicted molar refractivity (Wildman–Crippen MR) is 91.1 cm³/mol. The molecular weight excluding hydrogens is 363 g/mol. The van der Waals surface area contributed by atoms with E-state index in [2.05, 4.69) is 19.1 Å². The number of thioether (sulfide) groups is 1. The van der Waals surface area contributed by atoms with E-state index in [0.717, 1.165) is 28.4 Å². The second-order valence-electron chi connectivity index (χ2n) is 4.45. The average molecular weight is 375 g/mol. The molecule has 1 aromatic carbocycles. The van der Waals surface area contributed by atoms with Crippen molar-refractivity contribution in [3.63, 3.8) is 0 Å². The highest BCUT2D eigenvalue weighted by Gasteiger charge is 2.14. The molecule has 0 aliphatic carbocycles. The molecular formula is C13H12Cl2N4OS2. The Morgan fingerprint density at radius 3 is 2.95 bits per heavy atom. The summed E-state index contributed by atoms with van der Waals surface area (Å²) in [4.78, 5) is 4.65. The molecule has 0 radical (unpaired) electrons. The third-order valence-corrected chi connectivity index (χ3v) is 5.25. The lowest BCUT2D eigenvalue weighted by Crippen LogP contribution is -2.05. The van der Waals surface area contributed by atoms with Crippen molar-refractivity contribution in [1.82, 2.24) is 19.1 Å². The van der Waals surface area contributed by atoms with Crippen LogP contribution in [0.15, 0.2) is 23.4 Å². The zero-order chi connectivity index (χ0) is 15.5. The van der Waals surface area contributed by atoms with Gasteiger partial charge in [-0.3, -0.25) is 0 Å². The molecule has 3 aromatic rings. The molecule has 0 atom stereocenters. The zero-order valence-corrected chi connectivity index (χ0v) is 14.8. The number of benzene rings is 1. The molecule has 0 N–H and O–H groups in total. The Hall–Kier alpha value is -0.860. The number of fused-ring (bicyclic) bond motifs is 1. The number of nitrogens with zero attached hydrogens (tertiary/aromatic N) is 4. The van der Waals surface area contributed by atoms with Crippen LogP contribution in [0.25, 0.3) is 11.0 Å². The molecule has 5 nitrogen and oxygen atoms in total. The summed E-state index contributed by atoms with van der Waals surface area (Å²) >= 11 is 14.9. The molecule has 0 saturated carbocycles. The van der Waals surface area contributed by atoms with Crippen molar-refractivity contribution in [3.05, 3.63) is 33.3 Å². The summed E-state index contributed by atoms with van der Waals surface area (Å²) in [5.74, 6) is 0.624. The number of halogens is 2. The molecule has 0 amide bonds. The van der Waals surface area contributed by atoms with Crippen LogP contribution in [0.3, 0.4) is 0 Å². The van der Waals surface area contributed by atoms with Crippen LogP contribution in [0.2, 0.25) is 9.36 Å². The van der Waals surface area contributed by atoms with Gasteiger partial charge in [-0.25, -0.2) is 4.98 Å². The number of aromatic nitrogens is 4. The standard InChI is InChI=1S/C13H12Cl2N4OS2/c1-20-5-4-19-11-3-2-8(14)6-9(11)16-13(19)21-7-10-12(15)22-18-17-10/h2-3,6H,4-5,7H2,1H3. The van der Waals surface area contributed by atoms with Crippen LogP contribution in [0.4, 0.5) is 0 Å². The fraction of sp³-hybridized carbons (Fsp3) is 0.308. The molecule has 3 rings (SSSR count). The summed E-state index contributed by atoms with van der Waals surface area (Å²) in [5.41, 5.74) is 2.68. The quantitative estimate of drug-likeness (QED) is 0.607. The predicted octanol–water partition coefficient (Wildman–Crippen LogP) is 4.13. The molecule has 0 spiro atoms. The summed E-state index contributed by atoms with van der Waals surface area (Å²) in [6, 6.07) is 5.70. The smallest absolute Gasteiger partial charge is 0.169 e. The largest absolute Gasteiger partial charge is 0.383 e. The Morgan fingerprint density at radius 1 is 1.36 bits per heavy atom. The van der Waals surface area contributed by atoms with E-state index in [9.17, 15) is 0 Å². The van der Waals surface area contributed by atoms with E-state index in [-0.39, 0.29) is 0 Å². The first-order valence-corrected chi connectivity index (χ1v) is 8.95. The first kappa shape index (κ1) is 16.0. The van der Waals surface area contributed by atoms with Gasteiger partial charge in [0.25, 0.3) is 0 Å². The maximum atomic E-state index is 6.05. The fourth-order valence-electron chi connectivity index (χ4n) is 2.01. The first-order chi connectivity index (χ1) is 10.7. The van der Waals surface area contributed by atoms with Crippen LogP contribution in [-0.2, 0) is 17.0 Å². The average Bonchev–Trinajstić information content (AvgIpc) is 3.05. The lowest BCUT2D eigenvalue weighted by Gasteiger charge is -2.07. The molecule has 2 heterocycles. The van der Waals surface area contributed by atoms with Gasteiger partial charge < -0.3 is 9.30 Å². The summed E-state index contributed by atoms with van der Waals surface area (Å²) < 4.78 is 11.8. The number of imidazole rings is 1. The van der Waals surface area contributed by atoms with Crippen LogP contribution in [0, 0.1) is 0 Å². The monoisotopic (exact) mass is 374 g/mol. The SMILES string of the molecule is COCCn1c(SCc2nnsc2Cl)nc2cc(Cl)ccc21. The minimum Gasteiger partial charge on any atom is -0.383 e. The van der Waals surface area contributed by atoms with Gasteiger partial charge in [0.15, 0.2) is 5.16 Å². The van der Waals surface area contributed by atoms with Gasteiger partial charge in [0, 0.05) is 36.0 Å². The van der Waals surface area contributed by atoms with Crippen molar-refractivity contribution in [2.75, 3.05) is 13.7 Å². The third kappa shape index (κ3) is 3.38. The van der Waals surface area contributed by atoms with E-state index in [1.807, 2.05) is 18.2 Å². The molecule has 0 aliphatic heterocycles. The molecule has 0 aliphatic rings. The van der Waals surface area contributed by atoms with Crippen molar-refractivity contribution >= 4 is 57.5 Å². The van der Waals surface area contributed by atoms with Gasteiger partial charge in [0.1, 0.15) is 10.0 Å². The van der Waals surface area contributed by atoms with Crippen LogP contribution in [0.1, 0.15) is 5.69 Å². The minimum atomic E-state index is 0.612. The number of hydrogen-bond donors (Lipinski definition) is 0. The minimum absolute atomic E-state index is 0.612. The Bertz CT molecular complexity index is 790. The van der Waals surface area contributed by atoms with E-state index in [1.165, 1.54) is 11.5 Å². The van der Waals surface area contributed by atoms with E-state index in [0.29, 0.717) is 21.7 Å². The van der Waals surface area contributed by atoms with Crippen molar-refractivity contribution in [2.45, 2.75) is 17.5 Å². The second kappa shape index (κ2) is 7.14. The summed E-state index contributed by atoms with van der Waals surface area (Å²) in [6.45, 7) is 1.33. The van der Waals surface area contributed by atoms with Crippen molar-refractivity contribution in [3.8, 4) is 0 Å². The van der Waals surface area contributed by atoms with Crippen LogP contribution >= 0.6 is 46.5 Å². The molecule has 22 heavy (non-hydrogen) atoms. The van der Waals surface area contributed by atoms with Crippen molar-refractivity contribution < 1.29 is 4.74 Å². The summed E-state index contributed by atoms with van der Waals surface area (Å²) in [6.07, 6.45) is 0. The fourth-order valence-corrected chi connectivity index (χ4v) is 3.95. The Balaban J connectivity index is 1.91. The molecule has 9 heteroatoms. The van der Waals surface area contributed by atoms with Crippen molar-refractivity contribution in [2.24, 2.45) is 0 Å². The Labute approximate surface area is 145 Å². The van der Waals surface area contributed by atoms with E-state index >= 15 is 0 Å². The van der Waals surface area contributed by atoms with Crippen LogP contribution in [-0.4, -0.2) is 32.9 Å². The molecule has 0 saturated heterocycles. The lowest BCUT2D eigenvalue weighted by molar-refractivity contribution is 0.186. The molecule has 0 fully saturated rings. The number of hydrogen-bond acceptors (Lipinski definition) is 6. The highest BCUT2D eigenvalue weighted by molar-refractivity contribution is 7.98. The van der Waals surface area contributed by atoms with Crippen LogP contribution < -0.4 is 0 Å². The third-order valence-electron chi connectivity index (χ3n) is 3.04. The van der Waals surface area contributed by atoms with Crippen LogP contribution in [0.5, 0.6) is 0 Å². The lowest BCUT2D eigenvalue weighted by atomic mass is 10.3. The highest BCUT2D eigenvalue weighted by atomic mass is 35.5. The topological polar surface area (TPSA) is 52.8 Å². The van der Waals surface area contributed by atoms with Gasteiger partial charge in [0.2, 0.25) is 0 Å².